The molecular weight excluding hydrogens is 266 g/mol. The zero-order chi connectivity index (χ0) is 13.8. The van der Waals surface area contributed by atoms with E-state index in [1.165, 1.54) is 0 Å². The van der Waals surface area contributed by atoms with Gasteiger partial charge in [0, 0.05) is 26.3 Å². The van der Waals surface area contributed by atoms with Crippen molar-refractivity contribution in [2.45, 2.75) is 25.3 Å². The van der Waals surface area contributed by atoms with Crippen molar-refractivity contribution in [2.75, 3.05) is 20.8 Å². The highest BCUT2D eigenvalue weighted by atomic mass is 35.5. The smallest absolute Gasteiger partial charge is 0.215 e. The van der Waals surface area contributed by atoms with Crippen molar-refractivity contribution < 1.29 is 9.47 Å². The standard InChI is InChI=1S/C13H18ClN3O2/c1-9(14)12-15-10-5-6-11(19-3)16-13(10)17(12)7-4-8-18-2/h5-6,9H,4,7-8H2,1-3H3. The third-order valence-electron chi connectivity index (χ3n) is 2.89. The normalized spacial score (nSPS) is 12.8. The van der Waals surface area contributed by atoms with Gasteiger partial charge in [-0.05, 0) is 19.4 Å². The van der Waals surface area contributed by atoms with E-state index in [0.717, 1.165) is 30.0 Å². The number of aryl methyl sites for hydroxylation is 1. The Hall–Kier alpha value is -1.33. The number of halogens is 1. The van der Waals surface area contributed by atoms with E-state index in [0.29, 0.717) is 12.5 Å². The van der Waals surface area contributed by atoms with Gasteiger partial charge >= 0.3 is 0 Å². The summed E-state index contributed by atoms with van der Waals surface area (Å²) in [6.45, 7) is 3.38. The third kappa shape index (κ3) is 2.98. The number of pyridine rings is 1. The Morgan fingerprint density at radius 1 is 1.32 bits per heavy atom. The molecule has 0 aromatic carbocycles. The van der Waals surface area contributed by atoms with Gasteiger partial charge in [-0.1, -0.05) is 0 Å². The van der Waals surface area contributed by atoms with Crippen molar-refractivity contribution in [1.29, 1.82) is 0 Å². The minimum absolute atomic E-state index is 0.164. The summed E-state index contributed by atoms with van der Waals surface area (Å²) in [4.78, 5) is 8.99. The summed E-state index contributed by atoms with van der Waals surface area (Å²) in [6, 6.07) is 3.70. The van der Waals surface area contributed by atoms with E-state index < -0.39 is 0 Å². The number of rotatable bonds is 6. The lowest BCUT2D eigenvalue weighted by atomic mass is 10.4. The molecule has 2 aromatic heterocycles. The number of hydrogen-bond acceptors (Lipinski definition) is 4. The van der Waals surface area contributed by atoms with E-state index in [1.54, 1.807) is 20.3 Å². The molecule has 1 unspecified atom stereocenters. The van der Waals surface area contributed by atoms with E-state index in [-0.39, 0.29) is 5.38 Å². The Labute approximate surface area is 117 Å². The lowest BCUT2D eigenvalue weighted by Crippen LogP contribution is -2.07. The highest BCUT2D eigenvalue weighted by molar-refractivity contribution is 6.20. The molecule has 0 saturated heterocycles. The molecule has 0 aliphatic rings. The highest BCUT2D eigenvalue weighted by Gasteiger charge is 2.16. The van der Waals surface area contributed by atoms with Crippen molar-refractivity contribution in [2.24, 2.45) is 0 Å². The van der Waals surface area contributed by atoms with Crippen LogP contribution in [0.25, 0.3) is 11.2 Å². The number of imidazole rings is 1. The SMILES string of the molecule is COCCCn1c(C(C)Cl)nc2ccc(OC)nc21. The molecule has 0 bridgehead atoms. The van der Waals surface area contributed by atoms with Crippen molar-refractivity contribution in [3.63, 3.8) is 0 Å². The monoisotopic (exact) mass is 283 g/mol. The first-order valence-electron chi connectivity index (χ1n) is 6.21. The van der Waals surface area contributed by atoms with Gasteiger partial charge in [-0.2, -0.15) is 4.98 Å². The average Bonchev–Trinajstić information content (AvgIpc) is 2.77. The zero-order valence-electron chi connectivity index (χ0n) is 11.4. The first-order chi connectivity index (χ1) is 9.17. The van der Waals surface area contributed by atoms with Gasteiger partial charge in [0.15, 0.2) is 5.65 Å². The van der Waals surface area contributed by atoms with Gasteiger partial charge in [-0.15, -0.1) is 11.6 Å². The molecule has 0 saturated carbocycles. The fourth-order valence-corrected chi connectivity index (χ4v) is 2.17. The van der Waals surface area contributed by atoms with Crippen LogP contribution >= 0.6 is 11.6 Å². The Bertz CT molecular complexity index is 554. The number of alkyl halides is 1. The van der Waals surface area contributed by atoms with Crippen LogP contribution in [-0.4, -0.2) is 35.4 Å². The van der Waals surface area contributed by atoms with E-state index in [9.17, 15) is 0 Å². The van der Waals surface area contributed by atoms with Gasteiger partial charge in [0.2, 0.25) is 5.88 Å². The first kappa shape index (κ1) is 14.1. The number of methoxy groups -OCH3 is 2. The second kappa shape index (κ2) is 6.21. The van der Waals surface area contributed by atoms with Gasteiger partial charge < -0.3 is 14.0 Å². The van der Waals surface area contributed by atoms with Crippen LogP contribution in [-0.2, 0) is 11.3 Å². The maximum Gasteiger partial charge on any atom is 0.215 e. The van der Waals surface area contributed by atoms with Crippen LogP contribution in [0.3, 0.4) is 0 Å². The molecule has 0 aliphatic carbocycles. The maximum absolute atomic E-state index is 6.19. The molecule has 104 valence electrons. The average molecular weight is 284 g/mol. The Balaban J connectivity index is 2.44. The zero-order valence-corrected chi connectivity index (χ0v) is 12.1. The first-order valence-corrected chi connectivity index (χ1v) is 6.65. The lowest BCUT2D eigenvalue weighted by molar-refractivity contribution is 0.190. The van der Waals surface area contributed by atoms with Crippen molar-refractivity contribution in [1.82, 2.24) is 14.5 Å². The molecule has 5 nitrogen and oxygen atoms in total. The second-order valence-electron chi connectivity index (χ2n) is 4.28. The molecule has 0 amide bonds. The molecule has 0 N–H and O–H groups in total. The summed E-state index contributed by atoms with van der Waals surface area (Å²) in [6.07, 6.45) is 0.886. The number of nitrogens with zero attached hydrogens (tertiary/aromatic N) is 3. The molecule has 0 fully saturated rings. The molecule has 19 heavy (non-hydrogen) atoms. The minimum atomic E-state index is -0.164. The summed E-state index contributed by atoms with van der Waals surface area (Å²) < 4.78 is 12.3. The Kier molecular flexibility index (Phi) is 4.61. The number of fused-ring (bicyclic) bond motifs is 1. The van der Waals surface area contributed by atoms with Crippen LogP contribution in [0.4, 0.5) is 0 Å². The number of hydrogen-bond donors (Lipinski definition) is 0. The van der Waals surface area contributed by atoms with Crippen molar-refractivity contribution in [3.05, 3.63) is 18.0 Å². The third-order valence-corrected chi connectivity index (χ3v) is 3.09. The summed E-state index contributed by atoms with van der Waals surface area (Å²) in [7, 11) is 3.29. The van der Waals surface area contributed by atoms with Crippen LogP contribution < -0.4 is 4.74 Å². The fraction of sp³-hybridized carbons (Fsp3) is 0.538. The van der Waals surface area contributed by atoms with Gasteiger partial charge in [0.25, 0.3) is 0 Å². The van der Waals surface area contributed by atoms with Crippen LogP contribution in [0.5, 0.6) is 5.88 Å². The molecule has 0 aliphatic heterocycles. The Morgan fingerprint density at radius 3 is 2.74 bits per heavy atom. The molecule has 2 aromatic rings. The molecular formula is C13H18ClN3O2. The van der Waals surface area contributed by atoms with E-state index in [1.807, 2.05) is 17.6 Å². The van der Waals surface area contributed by atoms with Crippen LogP contribution in [0.15, 0.2) is 12.1 Å². The fourth-order valence-electron chi connectivity index (χ4n) is 2.01. The number of ether oxygens (including phenoxy) is 2. The maximum atomic E-state index is 6.19. The van der Waals surface area contributed by atoms with Crippen LogP contribution in [0, 0.1) is 0 Å². The molecule has 0 radical (unpaired) electrons. The minimum Gasteiger partial charge on any atom is -0.481 e. The van der Waals surface area contributed by atoms with Gasteiger partial charge in [0.1, 0.15) is 11.3 Å². The topological polar surface area (TPSA) is 49.2 Å². The van der Waals surface area contributed by atoms with Crippen LogP contribution in [0.2, 0.25) is 0 Å². The van der Waals surface area contributed by atoms with Gasteiger partial charge in [-0.25, -0.2) is 4.98 Å². The lowest BCUT2D eigenvalue weighted by Gasteiger charge is -2.09. The molecule has 2 rings (SSSR count). The quantitative estimate of drug-likeness (QED) is 0.604. The van der Waals surface area contributed by atoms with Crippen molar-refractivity contribution >= 4 is 22.8 Å². The van der Waals surface area contributed by atoms with E-state index in [2.05, 4.69) is 9.97 Å². The van der Waals surface area contributed by atoms with Crippen molar-refractivity contribution in [3.8, 4) is 5.88 Å². The summed E-state index contributed by atoms with van der Waals surface area (Å²) >= 11 is 6.19. The molecule has 6 heteroatoms. The molecule has 0 spiro atoms. The van der Waals surface area contributed by atoms with E-state index >= 15 is 0 Å². The van der Waals surface area contributed by atoms with Gasteiger partial charge in [-0.3, -0.25) is 0 Å². The van der Waals surface area contributed by atoms with Crippen LogP contribution in [0.1, 0.15) is 24.5 Å². The van der Waals surface area contributed by atoms with Gasteiger partial charge in [0.05, 0.1) is 12.5 Å². The summed E-state index contributed by atoms with van der Waals surface area (Å²) in [5.74, 6) is 1.41. The predicted octanol–water partition coefficient (Wildman–Crippen LogP) is 2.78. The largest absolute Gasteiger partial charge is 0.481 e. The predicted molar refractivity (Wildman–Crippen MR) is 74.8 cm³/mol. The van der Waals surface area contributed by atoms with E-state index in [4.69, 9.17) is 21.1 Å². The molecule has 1 atom stereocenters. The second-order valence-corrected chi connectivity index (χ2v) is 4.93. The highest BCUT2D eigenvalue weighted by Crippen LogP contribution is 2.25. The molecule has 2 heterocycles. The summed E-state index contributed by atoms with van der Waals surface area (Å²) in [5.41, 5.74) is 1.64. The summed E-state index contributed by atoms with van der Waals surface area (Å²) in [5, 5.41) is -0.164. The Morgan fingerprint density at radius 2 is 2.11 bits per heavy atom. The number of aromatic nitrogens is 3.